The van der Waals surface area contributed by atoms with Crippen molar-refractivity contribution in [3.63, 3.8) is 0 Å². The van der Waals surface area contributed by atoms with Gasteiger partial charge in [0.05, 0.1) is 0 Å². The minimum atomic E-state index is 0.338. The quantitative estimate of drug-likeness (QED) is 0.655. The van der Waals surface area contributed by atoms with Crippen LogP contribution < -0.4 is 5.73 Å². The van der Waals surface area contributed by atoms with Gasteiger partial charge in [-0.15, -0.1) is 0 Å². The Morgan fingerprint density at radius 3 is 2.38 bits per heavy atom. The minimum absolute atomic E-state index is 0.338. The smallest absolute Gasteiger partial charge is 0.00966 e. The Morgan fingerprint density at radius 2 is 1.94 bits per heavy atom. The second-order valence-electron chi connectivity index (χ2n) is 5.82. The fraction of sp³-hybridized carbons (Fsp3) is 1.00. The van der Waals surface area contributed by atoms with E-state index in [1.807, 2.05) is 0 Å². The number of hydrogen-bond acceptors (Lipinski definition) is 2. The van der Waals surface area contributed by atoms with Crippen LogP contribution in [0.2, 0.25) is 0 Å². The van der Waals surface area contributed by atoms with Crippen LogP contribution in [0, 0.1) is 5.41 Å². The molecule has 0 aromatic heterocycles. The number of rotatable bonds is 9. The Bertz CT molecular complexity index is 189. The maximum absolute atomic E-state index is 5.96. The van der Waals surface area contributed by atoms with E-state index >= 15 is 0 Å². The highest BCUT2D eigenvalue weighted by Crippen LogP contribution is 2.32. The van der Waals surface area contributed by atoms with Gasteiger partial charge in [0.1, 0.15) is 0 Å². The van der Waals surface area contributed by atoms with Crippen molar-refractivity contribution in [2.75, 3.05) is 19.6 Å². The Labute approximate surface area is 102 Å². The van der Waals surface area contributed by atoms with Crippen LogP contribution in [0.1, 0.15) is 59.3 Å². The van der Waals surface area contributed by atoms with Gasteiger partial charge in [-0.25, -0.2) is 0 Å². The zero-order valence-electron chi connectivity index (χ0n) is 11.5. The SMILES string of the molecule is CCCCN(CC(C)(CN)CCC)C1CC1. The van der Waals surface area contributed by atoms with Gasteiger partial charge in [0, 0.05) is 12.6 Å². The maximum Gasteiger partial charge on any atom is 0.00966 e. The summed E-state index contributed by atoms with van der Waals surface area (Å²) >= 11 is 0. The third-order valence-electron chi connectivity index (χ3n) is 3.79. The summed E-state index contributed by atoms with van der Waals surface area (Å²) in [5.41, 5.74) is 6.30. The van der Waals surface area contributed by atoms with Gasteiger partial charge in [-0.05, 0) is 44.2 Å². The van der Waals surface area contributed by atoms with E-state index in [1.165, 1.54) is 51.6 Å². The molecule has 0 bridgehead atoms. The summed E-state index contributed by atoms with van der Waals surface area (Å²) in [5.74, 6) is 0. The second-order valence-corrected chi connectivity index (χ2v) is 5.82. The first-order valence-electron chi connectivity index (χ1n) is 7.09. The van der Waals surface area contributed by atoms with E-state index in [4.69, 9.17) is 5.73 Å². The molecule has 0 heterocycles. The highest BCUT2D eigenvalue weighted by Gasteiger charge is 2.33. The van der Waals surface area contributed by atoms with Gasteiger partial charge >= 0.3 is 0 Å². The average Bonchev–Trinajstić information content (AvgIpc) is 3.08. The Hall–Kier alpha value is -0.0800. The molecule has 2 heteroatoms. The van der Waals surface area contributed by atoms with Crippen LogP contribution >= 0.6 is 0 Å². The lowest BCUT2D eigenvalue weighted by Crippen LogP contribution is -2.42. The third-order valence-corrected chi connectivity index (χ3v) is 3.79. The molecule has 1 rings (SSSR count). The first kappa shape index (κ1) is 14.0. The Morgan fingerprint density at radius 1 is 1.25 bits per heavy atom. The molecule has 0 aromatic rings. The normalized spacial score (nSPS) is 20.1. The molecule has 0 saturated heterocycles. The molecule has 1 fully saturated rings. The summed E-state index contributed by atoms with van der Waals surface area (Å²) in [6.07, 6.45) is 7.98. The molecule has 0 radical (unpaired) electrons. The molecule has 1 aliphatic rings. The molecule has 16 heavy (non-hydrogen) atoms. The van der Waals surface area contributed by atoms with E-state index in [0.717, 1.165) is 12.6 Å². The largest absolute Gasteiger partial charge is 0.330 e. The molecule has 1 unspecified atom stereocenters. The molecule has 96 valence electrons. The van der Waals surface area contributed by atoms with Gasteiger partial charge < -0.3 is 5.73 Å². The Kier molecular flexibility index (Phi) is 5.77. The van der Waals surface area contributed by atoms with Crippen LogP contribution in [0.3, 0.4) is 0 Å². The van der Waals surface area contributed by atoms with Crippen molar-refractivity contribution in [3.05, 3.63) is 0 Å². The molecule has 0 amide bonds. The van der Waals surface area contributed by atoms with Crippen molar-refractivity contribution >= 4 is 0 Å². The molecule has 0 aromatic carbocycles. The van der Waals surface area contributed by atoms with Crippen LogP contribution in [0.5, 0.6) is 0 Å². The van der Waals surface area contributed by atoms with Gasteiger partial charge in [-0.2, -0.15) is 0 Å². The highest BCUT2D eigenvalue weighted by molar-refractivity contribution is 4.89. The lowest BCUT2D eigenvalue weighted by Gasteiger charge is -2.35. The van der Waals surface area contributed by atoms with E-state index in [1.54, 1.807) is 0 Å². The zero-order chi connectivity index (χ0) is 12.0. The molecule has 2 nitrogen and oxygen atoms in total. The molecule has 0 spiro atoms. The standard InChI is InChI=1S/C14H30N2/c1-4-6-10-16(13-7-8-13)12-14(3,11-15)9-5-2/h13H,4-12,15H2,1-3H3. The number of nitrogens with zero attached hydrogens (tertiary/aromatic N) is 1. The van der Waals surface area contributed by atoms with Crippen molar-refractivity contribution in [1.82, 2.24) is 4.90 Å². The number of unbranched alkanes of at least 4 members (excludes halogenated alkanes) is 1. The van der Waals surface area contributed by atoms with Crippen LogP contribution in [0.25, 0.3) is 0 Å². The summed E-state index contributed by atoms with van der Waals surface area (Å²) in [6, 6.07) is 0.884. The third kappa shape index (κ3) is 4.42. The fourth-order valence-corrected chi connectivity index (χ4v) is 2.53. The average molecular weight is 226 g/mol. The maximum atomic E-state index is 5.96. The topological polar surface area (TPSA) is 29.3 Å². The van der Waals surface area contributed by atoms with Crippen molar-refractivity contribution in [3.8, 4) is 0 Å². The second kappa shape index (κ2) is 6.61. The Balaban J connectivity index is 2.44. The van der Waals surface area contributed by atoms with Crippen LogP contribution in [0.4, 0.5) is 0 Å². The summed E-state index contributed by atoms with van der Waals surface area (Å²) < 4.78 is 0. The molecule has 1 aliphatic carbocycles. The lowest BCUT2D eigenvalue weighted by molar-refractivity contribution is 0.149. The minimum Gasteiger partial charge on any atom is -0.330 e. The predicted octanol–water partition coefficient (Wildman–Crippen LogP) is 3.02. The summed E-state index contributed by atoms with van der Waals surface area (Å²) in [4.78, 5) is 2.70. The first-order valence-corrected chi connectivity index (χ1v) is 7.09. The zero-order valence-corrected chi connectivity index (χ0v) is 11.5. The summed E-state index contributed by atoms with van der Waals surface area (Å²) in [7, 11) is 0. The summed E-state index contributed by atoms with van der Waals surface area (Å²) in [5, 5.41) is 0. The van der Waals surface area contributed by atoms with E-state index < -0.39 is 0 Å². The van der Waals surface area contributed by atoms with Crippen LogP contribution in [-0.2, 0) is 0 Å². The van der Waals surface area contributed by atoms with Gasteiger partial charge in [0.25, 0.3) is 0 Å². The van der Waals surface area contributed by atoms with Crippen LogP contribution in [0.15, 0.2) is 0 Å². The molecular weight excluding hydrogens is 196 g/mol. The van der Waals surface area contributed by atoms with Gasteiger partial charge in [0.15, 0.2) is 0 Å². The van der Waals surface area contributed by atoms with Gasteiger partial charge in [-0.1, -0.05) is 33.6 Å². The fourth-order valence-electron chi connectivity index (χ4n) is 2.53. The molecule has 1 saturated carbocycles. The summed E-state index contributed by atoms with van der Waals surface area (Å²) in [6.45, 7) is 10.2. The van der Waals surface area contributed by atoms with Gasteiger partial charge in [-0.3, -0.25) is 4.90 Å². The molecule has 2 N–H and O–H groups in total. The van der Waals surface area contributed by atoms with Crippen LogP contribution in [-0.4, -0.2) is 30.6 Å². The van der Waals surface area contributed by atoms with E-state index in [2.05, 4.69) is 25.7 Å². The molecule has 1 atom stereocenters. The van der Waals surface area contributed by atoms with Crippen molar-refractivity contribution in [1.29, 1.82) is 0 Å². The van der Waals surface area contributed by atoms with Crippen molar-refractivity contribution in [2.45, 2.75) is 65.3 Å². The lowest BCUT2D eigenvalue weighted by atomic mass is 9.85. The van der Waals surface area contributed by atoms with Crippen molar-refractivity contribution < 1.29 is 0 Å². The first-order chi connectivity index (χ1) is 7.65. The van der Waals surface area contributed by atoms with E-state index in [9.17, 15) is 0 Å². The van der Waals surface area contributed by atoms with Gasteiger partial charge in [0.2, 0.25) is 0 Å². The van der Waals surface area contributed by atoms with Crippen molar-refractivity contribution in [2.24, 2.45) is 11.1 Å². The monoisotopic (exact) mass is 226 g/mol. The highest BCUT2D eigenvalue weighted by atomic mass is 15.2. The molecule has 0 aliphatic heterocycles. The number of nitrogens with two attached hydrogens (primary N) is 1. The molecular formula is C14H30N2. The number of hydrogen-bond donors (Lipinski definition) is 1. The predicted molar refractivity (Wildman–Crippen MR) is 71.6 cm³/mol. The van der Waals surface area contributed by atoms with E-state index in [0.29, 0.717) is 5.41 Å². The van der Waals surface area contributed by atoms with E-state index in [-0.39, 0.29) is 0 Å².